The molecule has 0 aliphatic rings. The van der Waals surface area contributed by atoms with E-state index in [0.29, 0.717) is 17.5 Å². The second-order valence-electron chi connectivity index (χ2n) is 15.6. The predicted octanol–water partition coefficient (Wildman–Crippen LogP) is 15.3. The van der Waals surface area contributed by atoms with E-state index in [1.807, 2.05) is 29.5 Å². The number of nitrogens with zero attached hydrogens (tertiary/aromatic N) is 4. The lowest BCUT2D eigenvalue weighted by Crippen LogP contribution is -2.02. The number of hydrogen-bond donors (Lipinski definition) is 0. The molecule has 0 unspecified atom stereocenters. The molecule has 0 N–H and O–H groups in total. The zero-order chi connectivity index (χ0) is 41.0. The Bertz CT molecular complexity index is 3590. The van der Waals surface area contributed by atoms with Crippen molar-refractivity contribution in [1.29, 1.82) is 0 Å². The van der Waals surface area contributed by atoms with Gasteiger partial charge in [0, 0.05) is 53.2 Å². The van der Waals surface area contributed by atoms with Gasteiger partial charge in [-0.2, -0.15) is 0 Å². The summed E-state index contributed by atoms with van der Waals surface area (Å²) in [4.78, 5) is 15.6. The largest absolute Gasteiger partial charge is 0.309 e. The Morgan fingerprint density at radius 3 is 1.47 bits per heavy atom. The van der Waals surface area contributed by atoms with Gasteiger partial charge in [0.25, 0.3) is 0 Å². The molecule has 12 aromatic rings. The van der Waals surface area contributed by atoms with Crippen molar-refractivity contribution in [3.8, 4) is 73.2 Å². The highest BCUT2D eigenvalue weighted by molar-refractivity contribution is 7.25. The lowest BCUT2D eigenvalue weighted by atomic mass is 9.96. The van der Waals surface area contributed by atoms with Crippen LogP contribution in [0.4, 0.5) is 0 Å². The normalized spacial score (nSPS) is 11.5. The summed E-state index contributed by atoms with van der Waals surface area (Å²) in [7, 11) is 0. The zero-order valence-electron chi connectivity index (χ0n) is 33.5. The molecule has 4 nitrogen and oxygen atoms in total. The van der Waals surface area contributed by atoms with E-state index < -0.39 is 0 Å². The first-order chi connectivity index (χ1) is 30.7. The molecule has 0 amide bonds. The molecule has 290 valence electrons. The van der Waals surface area contributed by atoms with Gasteiger partial charge in [-0.1, -0.05) is 176 Å². The molecule has 0 aliphatic heterocycles. The Morgan fingerprint density at radius 1 is 0.290 bits per heavy atom. The van der Waals surface area contributed by atoms with Crippen molar-refractivity contribution in [2.45, 2.75) is 0 Å². The fraction of sp³-hybridized carbons (Fsp3) is 0. The van der Waals surface area contributed by atoms with Gasteiger partial charge >= 0.3 is 0 Å². The first-order valence-electron chi connectivity index (χ1n) is 20.8. The highest BCUT2D eigenvalue weighted by Crippen LogP contribution is 2.40. The molecule has 0 aliphatic carbocycles. The van der Waals surface area contributed by atoms with Crippen molar-refractivity contribution in [2.24, 2.45) is 0 Å². The summed E-state index contributed by atoms with van der Waals surface area (Å²) in [6.45, 7) is 0. The van der Waals surface area contributed by atoms with Crippen LogP contribution in [-0.2, 0) is 0 Å². The first kappa shape index (κ1) is 35.9. The zero-order valence-corrected chi connectivity index (χ0v) is 34.3. The van der Waals surface area contributed by atoms with Crippen LogP contribution in [0.2, 0.25) is 0 Å². The lowest BCUT2D eigenvalue weighted by molar-refractivity contribution is 1.07. The van der Waals surface area contributed by atoms with Crippen molar-refractivity contribution >= 4 is 53.3 Å². The molecular weight excluding hydrogens is 773 g/mol. The van der Waals surface area contributed by atoms with Gasteiger partial charge in [0.05, 0.1) is 16.7 Å². The third-order valence-corrected chi connectivity index (χ3v) is 13.0. The summed E-state index contributed by atoms with van der Waals surface area (Å²) >= 11 is 1.84. The highest BCUT2D eigenvalue weighted by atomic mass is 32.1. The third-order valence-electron chi connectivity index (χ3n) is 11.9. The Morgan fingerprint density at radius 2 is 0.758 bits per heavy atom. The average Bonchev–Trinajstić information content (AvgIpc) is 3.90. The van der Waals surface area contributed by atoms with Crippen LogP contribution in [-0.4, -0.2) is 19.5 Å². The van der Waals surface area contributed by atoms with Crippen LogP contribution in [0.5, 0.6) is 0 Å². The molecule has 12 rings (SSSR count). The minimum absolute atomic E-state index is 0.609. The third kappa shape index (κ3) is 6.26. The van der Waals surface area contributed by atoms with Gasteiger partial charge in [0.2, 0.25) is 0 Å². The average molecular weight is 809 g/mol. The summed E-state index contributed by atoms with van der Waals surface area (Å²) in [5.41, 5.74) is 12.9. The topological polar surface area (TPSA) is 43.6 Å². The van der Waals surface area contributed by atoms with Gasteiger partial charge in [-0.15, -0.1) is 11.3 Å². The molecular formula is C57H36N4S. The maximum absolute atomic E-state index is 5.29. The number of aromatic nitrogens is 4. The molecule has 0 spiro atoms. The number of fused-ring (bicyclic) bond motifs is 6. The smallest absolute Gasteiger partial charge is 0.164 e. The van der Waals surface area contributed by atoms with Crippen LogP contribution in [0, 0.1) is 0 Å². The van der Waals surface area contributed by atoms with Gasteiger partial charge in [0.15, 0.2) is 17.5 Å². The molecule has 0 saturated carbocycles. The number of rotatable bonds is 7. The summed E-state index contributed by atoms with van der Waals surface area (Å²) in [5, 5.41) is 5.00. The molecule has 0 atom stereocenters. The number of thiophene rings is 1. The highest BCUT2D eigenvalue weighted by Gasteiger charge is 2.20. The quantitative estimate of drug-likeness (QED) is 0.161. The van der Waals surface area contributed by atoms with E-state index in [-0.39, 0.29) is 0 Å². The minimum Gasteiger partial charge on any atom is -0.309 e. The molecule has 5 heteroatoms. The first-order valence-corrected chi connectivity index (χ1v) is 21.7. The van der Waals surface area contributed by atoms with E-state index in [4.69, 9.17) is 15.0 Å². The van der Waals surface area contributed by atoms with Gasteiger partial charge < -0.3 is 4.57 Å². The number of para-hydroxylation sites is 2. The van der Waals surface area contributed by atoms with Crippen LogP contribution in [0.25, 0.3) is 115 Å². The lowest BCUT2D eigenvalue weighted by Gasteiger charge is -2.17. The van der Waals surface area contributed by atoms with E-state index in [0.717, 1.165) is 55.7 Å². The van der Waals surface area contributed by atoms with Crippen molar-refractivity contribution < 1.29 is 0 Å². The standard InChI is InChI=1S/C57H36N4S/c1-3-15-37(16-4-1)39-19-13-21-42(33-39)45-31-30-44(35-52(45)61-50-26-10-7-23-46(50)47-24-8-11-27-51(47)61)57-59-55(38-17-5-2-6-18-38)58-56(60-57)43-22-14-20-40(34-43)41-29-32-49-48-25-9-12-28-53(48)62-54(49)36-41/h1-36H. The van der Waals surface area contributed by atoms with Crippen LogP contribution >= 0.6 is 11.3 Å². The molecule has 9 aromatic carbocycles. The monoisotopic (exact) mass is 808 g/mol. The van der Waals surface area contributed by atoms with Crippen LogP contribution in [0.3, 0.4) is 0 Å². The van der Waals surface area contributed by atoms with Crippen molar-refractivity contribution in [1.82, 2.24) is 19.5 Å². The Balaban J connectivity index is 1.05. The van der Waals surface area contributed by atoms with E-state index in [9.17, 15) is 0 Å². The molecule has 62 heavy (non-hydrogen) atoms. The molecule has 0 saturated heterocycles. The van der Waals surface area contributed by atoms with Gasteiger partial charge in [-0.05, 0) is 70.3 Å². The molecule has 3 aromatic heterocycles. The summed E-state index contributed by atoms with van der Waals surface area (Å²) in [5.74, 6) is 1.86. The molecule has 0 fully saturated rings. The van der Waals surface area contributed by atoms with E-state index >= 15 is 0 Å². The van der Waals surface area contributed by atoms with Crippen molar-refractivity contribution in [3.63, 3.8) is 0 Å². The van der Waals surface area contributed by atoms with E-state index in [1.165, 1.54) is 42.1 Å². The maximum atomic E-state index is 5.29. The Hall–Kier alpha value is -7.99. The van der Waals surface area contributed by atoms with Gasteiger partial charge in [0.1, 0.15) is 0 Å². The van der Waals surface area contributed by atoms with Crippen LogP contribution in [0.1, 0.15) is 0 Å². The second kappa shape index (κ2) is 14.9. The van der Waals surface area contributed by atoms with Crippen LogP contribution < -0.4 is 0 Å². The predicted molar refractivity (Wildman–Crippen MR) is 260 cm³/mol. The molecule has 0 bridgehead atoms. The van der Waals surface area contributed by atoms with Gasteiger partial charge in [-0.3, -0.25) is 0 Å². The van der Waals surface area contributed by atoms with Gasteiger partial charge in [-0.25, -0.2) is 15.0 Å². The van der Waals surface area contributed by atoms with Crippen LogP contribution in [0.15, 0.2) is 218 Å². The maximum Gasteiger partial charge on any atom is 0.164 e. The second-order valence-corrected chi connectivity index (χ2v) is 16.7. The molecule has 3 heterocycles. The Labute approximate surface area is 362 Å². The fourth-order valence-electron chi connectivity index (χ4n) is 8.87. The van der Waals surface area contributed by atoms with E-state index in [2.05, 4.69) is 205 Å². The fourth-order valence-corrected chi connectivity index (χ4v) is 10.0. The SMILES string of the molecule is c1ccc(-c2cccc(-c3ccc(-c4nc(-c5ccccc5)nc(-c5cccc(-c6ccc7c(c6)sc6ccccc67)c5)n4)cc3-n3c4ccccc4c4ccccc43)c2)cc1. The molecule has 0 radical (unpaired) electrons. The summed E-state index contributed by atoms with van der Waals surface area (Å²) in [6, 6.07) is 77.6. The summed E-state index contributed by atoms with van der Waals surface area (Å²) < 4.78 is 4.97. The summed E-state index contributed by atoms with van der Waals surface area (Å²) in [6.07, 6.45) is 0. The Kier molecular flexibility index (Phi) is 8.65. The number of benzene rings is 9. The number of hydrogen-bond acceptors (Lipinski definition) is 4. The van der Waals surface area contributed by atoms with E-state index in [1.54, 1.807) is 0 Å². The van der Waals surface area contributed by atoms with Crippen molar-refractivity contribution in [2.75, 3.05) is 0 Å². The minimum atomic E-state index is 0.609. The van der Waals surface area contributed by atoms with Crippen molar-refractivity contribution in [3.05, 3.63) is 218 Å².